The van der Waals surface area contributed by atoms with E-state index in [0.29, 0.717) is 18.9 Å². The maximum absolute atomic E-state index is 12.1. The predicted octanol–water partition coefficient (Wildman–Crippen LogP) is -0.0263. The third-order valence-electron chi connectivity index (χ3n) is 4.04. The minimum Gasteiger partial charge on any atom is -0.341 e. The van der Waals surface area contributed by atoms with Gasteiger partial charge in [0.15, 0.2) is 9.84 Å². The van der Waals surface area contributed by atoms with Crippen molar-refractivity contribution in [3.05, 3.63) is 0 Å². The van der Waals surface area contributed by atoms with Crippen molar-refractivity contribution in [1.29, 1.82) is 0 Å². The lowest BCUT2D eigenvalue weighted by Crippen LogP contribution is -2.35. The summed E-state index contributed by atoms with van der Waals surface area (Å²) in [5.41, 5.74) is 0. The second-order valence-corrected chi connectivity index (χ2v) is 7.95. The number of nitrogens with zero attached hydrogens (tertiary/aromatic N) is 2. The number of hydrogen-bond donors (Lipinski definition) is 0. The van der Waals surface area contributed by atoms with Crippen LogP contribution >= 0.6 is 0 Å². The van der Waals surface area contributed by atoms with Gasteiger partial charge in [0, 0.05) is 25.6 Å². The minimum atomic E-state index is -2.87. The molecule has 2 fully saturated rings. The van der Waals surface area contributed by atoms with E-state index in [9.17, 15) is 13.2 Å². The van der Waals surface area contributed by atoms with Crippen LogP contribution in [0.25, 0.3) is 0 Å². The molecule has 104 valence electrons. The molecule has 2 heterocycles. The molecule has 18 heavy (non-hydrogen) atoms. The van der Waals surface area contributed by atoms with Gasteiger partial charge in [-0.3, -0.25) is 4.79 Å². The zero-order valence-electron chi connectivity index (χ0n) is 11.1. The third kappa shape index (κ3) is 3.23. The van der Waals surface area contributed by atoms with Crippen LogP contribution in [0.15, 0.2) is 0 Å². The van der Waals surface area contributed by atoms with Crippen LogP contribution in [0.3, 0.4) is 0 Å². The number of likely N-dealkylation sites (N-methyl/N-ethyl adjacent to an activating group) is 1. The maximum Gasteiger partial charge on any atom is 0.222 e. The summed E-state index contributed by atoms with van der Waals surface area (Å²) in [6.45, 7) is 1.59. The molecule has 2 rings (SSSR count). The number of amides is 1. The van der Waals surface area contributed by atoms with Gasteiger partial charge in [0.1, 0.15) is 0 Å². The fourth-order valence-electron chi connectivity index (χ4n) is 2.80. The highest BCUT2D eigenvalue weighted by Crippen LogP contribution is 2.23. The Morgan fingerprint density at radius 1 is 1.33 bits per heavy atom. The zero-order chi connectivity index (χ0) is 13.3. The van der Waals surface area contributed by atoms with Crippen molar-refractivity contribution >= 4 is 15.7 Å². The predicted molar refractivity (Wildman–Crippen MR) is 70.0 cm³/mol. The van der Waals surface area contributed by atoms with Gasteiger partial charge >= 0.3 is 0 Å². The smallest absolute Gasteiger partial charge is 0.222 e. The third-order valence-corrected chi connectivity index (χ3v) is 5.87. The molecule has 0 aromatic rings. The van der Waals surface area contributed by atoms with Gasteiger partial charge in [0.25, 0.3) is 0 Å². The molecule has 0 saturated carbocycles. The van der Waals surface area contributed by atoms with E-state index in [4.69, 9.17) is 0 Å². The molecule has 0 aromatic heterocycles. The number of sulfone groups is 1. The van der Waals surface area contributed by atoms with E-state index in [1.165, 1.54) is 0 Å². The number of carbonyl (C=O) groups is 1. The first-order chi connectivity index (χ1) is 8.37. The number of rotatable bonds is 3. The molecule has 2 aliphatic heterocycles. The van der Waals surface area contributed by atoms with Gasteiger partial charge in [-0.15, -0.1) is 0 Å². The van der Waals surface area contributed by atoms with Gasteiger partial charge in [0.2, 0.25) is 5.91 Å². The Kier molecular flexibility index (Phi) is 3.96. The number of carbonyl (C=O) groups excluding carboxylic acids is 1. The SMILES string of the molecule is CN(C)C1CCN(C(=O)CC2CCS(=O)(=O)C2)C1. The highest BCUT2D eigenvalue weighted by molar-refractivity contribution is 7.91. The van der Waals surface area contributed by atoms with E-state index < -0.39 is 9.84 Å². The second-order valence-electron chi connectivity index (χ2n) is 5.72. The lowest BCUT2D eigenvalue weighted by molar-refractivity contribution is -0.131. The summed E-state index contributed by atoms with van der Waals surface area (Å²) in [6, 6.07) is 0.446. The molecular formula is C12H22N2O3S. The monoisotopic (exact) mass is 274 g/mol. The molecule has 0 spiro atoms. The number of hydrogen-bond acceptors (Lipinski definition) is 4. The molecular weight excluding hydrogens is 252 g/mol. The van der Waals surface area contributed by atoms with Crippen LogP contribution < -0.4 is 0 Å². The van der Waals surface area contributed by atoms with Crippen molar-refractivity contribution < 1.29 is 13.2 Å². The highest BCUT2D eigenvalue weighted by atomic mass is 32.2. The number of likely N-dealkylation sites (tertiary alicyclic amines) is 1. The summed E-state index contributed by atoms with van der Waals surface area (Å²) in [5, 5.41) is 0. The minimum absolute atomic E-state index is 0.0425. The Balaban J connectivity index is 1.83. The Hall–Kier alpha value is -0.620. The fraction of sp³-hybridized carbons (Fsp3) is 0.917. The second kappa shape index (κ2) is 5.17. The molecule has 1 amide bonds. The van der Waals surface area contributed by atoms with Crippen molar-refractivity contribution in [2.24, 2.45) is 5.92 Å². The van der Waals surface area contributed by atoms with Crippen LogP contribution in [0.1, 0.15) is 19.3 Å². The zero-order valence-corrected chi connectivity index (χ0v) is 11.9. The quantitative estimate of drug-likeness (QED) is 0.725. The summed E-state index contributed by atoms with van der Waals surface area (Å²) in [6.07, 6.45) is 2.07. The molecule has 2 atom stereocenters. The molecule has 0 bridgehead atoms. The van der Waals surface area contributed by atoms with Crippen LogP contribution in [0.5, 0.6) is 0 Å². The van der Waals surface area contributed by atoms with E-state index in [-0.39, 0.29) is 23.3 Å². The summed E-state index contributed by atoms with van der Waals surface area (Å²) in [5.74, 6) is 0.622. The molecule has 6 heteroatoms. The normalized spacial score (nSPS) is 31.2. The maximum atomic E-state index is 12.1. The van der Waals surface area contributed by atoms with Crippen molar-refractivity contribution in [3.8, 4) is 0 Å². The van der Waals surface area contributed by atoms with Crippen LogP contribution in [-0.4, -0.2) is 68.9 Å². The molecule has 2 aliphatic rings. The van der Waals surface area contributed by atoms with Crippen molar-refractivity contribution in [1.82, 2.24) is 9.80 Å². The van der Waals surface area contributed by atoms with Crippen LogP contribution in [0, 0.1) is 5.92 Å². The molecule has 0 radical (unpaired) electrons. The lowest BCUT2D eigenvalue weighted by atomic mass is 10.0. The standard InChI is InChI=1S/C12H22N2O3S/c1-13(2)11-3-5-14(8-11)12(15)7-10-4-6-18(16,17)9-10/h10-11H,3-9H2,1-2H3. The van der Waals surface area contributed by atoms with Crippen LogP contribution in [0.4, 0.5) is 0 Å². The van der Waals surface area contributed by atoms with Gasteiger partial charge < -0.3 is 9.80 Å². The molecule has 2 unspecified atom stereocenters. The van der Waals surface area contributed by atoms with Gasteiger partial charge in [-0.05, 0) is 32.9 Å². The molecule has 0 aromatic carbocycles. The topological polar surface area (TPSA) is 57.7 Å². The Bertz CT molecular complexity index is 419. The highest BCUT2D eigenvalue weighted by Gasteiger charge is 2.33. The average Bonchev–Trinajstić information content (AvgIpc) is 2.85. The first kappa shape index (κ1) is 13.8. The first-order valence-electron chi connectivity index (χ1n) is 6.52. The van der Waals surface area contributed by atoms with Gasteiger partial charge in [0.05, 0.1) is 11.5 Å². The van der Waals surface area contributed by atoms with E-state index in [0.717, 1.165) is 19.5 Å². The average molecular weight is 274 g/mol. The van der Waals surface area contributed by atoms with Gasteiger partial charge in [-0.25, -0.2) is 8.42 Å². The van der Waals surface area contributed by atoms with Gasteiger partial charge in [-0.2, -0.15) is 0 Å². The Labute approximate surface area is 109 Å². The van der Waals surface area contributed by atoms with Crippen molar-refractivity contribution in [3.63, 3.8) is 0 Å². The Morgan fingerprint density at radius 3 is 2.56 bits per heavy atom. The van der Waals surface area contributed by atoms with Crippen LogP contribution in [0.2, 0.25) is 0 Å². The van der Waals surface area contributed by atoms with Crippen LogP contribution in [-0.2, 0) is 14.6 Å². The first-order valence-corrected chi connectivity index (χ1v) is 8.34. The summed E-state index contributed by atoms with van der Waals surface area (Å²) in [7, 11) is 1.19. The van der Waals surface area contributed by atoms with E-state index in [2.05, 4.69) is 4.90 Å². The molecule has 0 aliphatic carbocycles. The van der Waals surface area contributed by atoms with Gasteiger partial charge in [-0.1, -0.05) is 0 Å². The fourth-order valence-corrected chi connectivity index (χ4v) is 4.66. The summed E-state index contributed by atoms with van der Waals surface area (Å²) in [4.78, 5) is 16.1. The Morgan fingerprint density at radius 2 is 2.06 bits per heavy atom. The molecule has 0 N–H and O–H groups in total. The van der Waals surface area contributed by atoms with E-state index >= 15 is 0 Å². The summed E-state index contributed by atoms with van der Waals surface area (Å²) < 4.78 is 22.7. The lowest BCUT2D eigenvalue weighted by Gasteiger charge is -2.21. The molecule has 2 saturated heterocycles. The largest absolute Gasteiger partial charge is 0.341 e. The summed E-state index contributed by atoms with van der Waals surface area (Å²) >= 11 is 0. The van der Waals surface area contributed by atoms with E-state index in [1.54, 1.807) is 0 Å². The van der Waals surface area contributed by atoms with Crippen molar-refractivity contribution in [2.75, 3.05) is 38.7 Å². The van der Waals surface area contributed by atoms with Crippen molar-refractivity contribution in [2.45, 2.75) is 25.3 Å². The van der Waals surface area contributed by atoms with E-state index in [1.807, 2.05) is 19.0 Å². The molecule has 5 nitrogen and oxygen atoms in total.